The second-order valence-electron chi connectivity index (χ2n) is 7.22. The van der Waals surface area contributed by atoms with Crippen LogP contribution in [0.3, 0.4) is 0 Å². The molecule has 1 aromatic carbocycles. The molecule has 2 atom stereocenters. The van der Waals surface area contributed by atoms with Crippen molar-refractivity contribution in [2.24, 2.45) is 0 Å². The van der Waals surface area contributed by atoms with Crippen molar-refractivity contribution in [3.63, 3.8) is 0 Å². The summed E-state index contributed by atoms with van der Waals surface area (Å²) < 4.78 is 5.52. The fourth-order valence-electron chi connectivity index (χ4n) is 4.12. The van der Waals surface area contributed by atoms with Gasteiger partial charge in [0.05, 0.1) is 18.3 Å². The summed E-state index contributed by atoms with van der Waals surface area (Å²) in [6, 6.07) is 12.4. The summed E-state index contributed by atoms with van der Waals surface area (Å²) in [5.41, 5.74) is 2.91. The Balaban J connectivity index is 0.00000210. The number of hydrogen-bond donors (Lipinski definition) is 1. The Bertz CT molecular complexity index is 811. The average molecular weight is 388 g/mol. The highest BCUT2D eigenvalue weighted by atomic mass is 35.5. The second kappa shape index (κ2) is 7.87. The van der Waals surface area contributed by atoms with E-state index in [0.717, 1.165) is 48.4 Å². The second-order valence-corrected chi connectivity index (χ2v) is 7.22. The monoisotopic (exact) mass is 387 g/mol. The van der Waals surface area contributed by atoms with Gasteiger partial charge in [-0.1, -0.05) is 12.1 Å². The van der Waals surface area contributed by atoms with Crippen molar-refractivity contribution < 1.29 is 9.53 Å². The van der Waals surface area contributed by atoms with Crippen LogP contribution in [0.1, 0.15) is 37.9 Å². The Hall–Kier alpha value is -2.11. The Morgan fingerprint density at radius 2 is 2.00 bits per heavy atom. The summed E-state index contributed by atoms with van der Waals surface area (Å²) in [5, 5.41) is 3.59. The number of carbonyl (C=O) groups excluding carboxylic acids is 1. The molecule has 27 heavy (non-hydrogen) atoms. The van der Waals surface area contributed by atoms with E-state index >= 15 is 0 Å². The van der Waals surface area contributed by atoms with E-state index < -0.39 is 0 Å². The molecule has 5 nitrogen and oxygen atoms in total. The first-order valence-corrected chi connectivity index (χ1v) is 9.34. The van der Waals surface area contributed by atoms with Gasteiger partial charge in [-0.25, -0.2) is 0 Å². The molecule has 6 heteroatoms. The van der Waals surface area contributed by atoms with Crippen molar-refractivity contribution in [3.05, 3.63) is 48.3 Å². The van der Waals surface area contributed by atoms with Crippen molar-refractivity contribution in [1.82, 2.24) is 15.2 Å². The number of ether oxygens (including phenoxy) is 1. The number of hydrogen-bond acceptors (Lipinski definition) is 4. The van der Waals surface area contributed by atoms with Gasteiger partial charge in [0.25, 0.3) is 0 Å². The fourth-order valence-corrected chi connectivity index (χ4v) is 4.12. The highest BCUT2D eigenvalue weighted by molar-refractivity contribution is 5.88. The predicted molar refractivity (Wildman–Crippen MR) is 108 cm³/mol. The van der Waals surface area contributed by atoms with Crippen LogP contribution in [0, 0.1) is 0 Å². The summed E-state index contributed by atoms with van der Waals surface area (Å²) >= 11 is 0. The van der Waals surface area contributed by atoms with Crippen LogP contribution in [-0.2, 0) is 4.79 Å². The minimum absolute atomic E-state index is 0. The van der Waals surface area contributed by atoms with Crippen molar-refractivity contribution in [2.75, 3.05) is 20.2 Å². The maximum atomic E-state index is 12.5. The average Bonchev–Trinajstić information content (AvgIpc) is 3.23. The Labute approximate surface area is 166 Å². The maximum absolute atomic E-state index is 12.5. The van der Waals surface area contributed by atoms with Crippen LogP contribution in [0.5, 0.6) is 5.75 Å². The molecule has 0 aliphatic carbocycles. The van der Waals surface area contributed by atoms with Gasteiger partial charge in [-0.15, -0.1) is 12.4 Å². The summed E-state index contributed by atoms with van der Waals surface area (Å²) in [7, 11) is 1.89. The van der Waals surface area contributed by atoms with Crippen LogP contribution in [0.25, 0.3) is 11.1 Å². The molecule has 2 aliphatic heterocycles. The third-order valence-electron chi connectivity index (χ3n) is 5.58. The molecule has 4 rings (SSSR count). The molecule has 0 bridgehead atoms. The number of likely N-dealkylation sites (tertiary alicyclic amines) is 1. The number of nitrogens with one attached hydrogen (secondary N) is 1. The van der Waals surface area contributed by atoms with Gasteiger partial charge in [0, 0.05) is 19.8 Å². The van der Waals surface area contributed by atoms with Gasteiger partial charge >= 0.3 is 0 Å². The quantitative estimate of drug-likeness (QED) is 0.870. The molecular weight excluding hydrogens is 362 g/mol. The van der Waals surface area contributed by atoms with Crippen molar-refractivity contribution in [3.8, 4) is 16.9 Å². The predicted octanol–water partition coefficient (Wildman–Crippen LogP) is 3.59. The molecule has 1 aromatic heterocycles. The smallest absolute Gasteiger partial charge is 0.242 e. The fraction of sp³-hybridized carbons (Fsp3) is 0.429. The molecule has 0 radical (unpaired) electrons. The molecule has 1 N–H and O–H groups in total. The highest BCUT2D eigenvalue weighted by Crippen LogP contribution is 2.39. The van der Waals surface area contributed by atoms with Crippen LogP contribution in [0.2, 0.25) is 0 Å². The summed E-state index contributed by atoms with van der Waals surface area (Å²) in [5.74, 6) is 1.11. The van der Waals surface area contributed by atoms with Gasteiger partial charge in [-0.2, -0.15) is 0 Å². The first-order chi connectivity index (χ1) is 12.6. The standard InChI is InChI=1S/C21H25N3O2.ClH/c1-3-26-17-6-4-15(5-7-17)16-9-12-22-19(14-16)18-8-10-21(23-18)11-13-24(2)20(21)25;/h4-7,9,12,14,18,23H,3,8,10-11,13H2,1-2H3;1H/t18-,21+;/m1./s1. The number of aromatic nitrogens is 1. The highest BCUT2D eigenvalue weighted by Gasteiger charge is 2.50. The van der Waals surface area contributed by atoms with Crippen molar-refractivity contribution >= 4 is 18.3 Å². The lowest BCUT2D eigenvalue weighted by atomic mass is 9.96. The van der Waals surface area contributed by atoms with Crippen molar-refractivity contribution in [2.45, 2.75) is 37.8 Å². The zero-order valence-electron chi connectivity index (χ0n) is 15.8. The number of halogens is 1. The van der Waals surface area contributed by atoms with Gasteiger partial charge in [0.2, 0.25) is 5.91 Å². The number of carbonyl (C=O) groups is 1. The van der Waals surface area contributed by atoms with E-state index in [1.807, 2.05) is 43.3 Å². The van der Waals surface area contributed by atoms with Crippen LogP contribution >= 0.6 is 12.4 Å². The molecule has 0 saturated carbocycles. The minimum Gasteiger partial charge on any atom is -0.494 e. The SMILES string of the molecule is CCOc1ccc(-c2ccnc([C@H]3CC[C@@]4(CCN(C)C4=O)N3)c2)cc1.Cl. The van der Waals surface area contributed by atoms with E-state index in [-0.39, 0.29) is 29.9 Å². The number of nitrogens with zero attached hydrogens (tertiary/aromatic N) is 2. The number of amides is 1. The molecule has 1 spiro atoms. The lowest BCUT2D eigenvalue weighted by Gasteiger charge is -2.23. The van der Waals surface area contributed by atoms with Gasteiger partial charge in [0.15, 0.2) is 0 Å². The lowest BCUT2D eigenvalue weighted by Crippen LogP contribution is -2.47. The molecule has 144 valence electrons. The number of benzene rings is 1. The molecule has 2 saturated heterocycles. The van der Waals surface area contributed by atoms with Gasteiger partial charge in [-0.3, -0.25) is 15.1 Å². The third-order valence-corrected chi connectivity index (χ3v) is 5.58. The minimum atomic E-state index is -0.379. The van der Waals surface area contributed by atoms with Crippen LogP contribution in [0.4, 0.5) is 0 Å². The van der Waals surface area contributed by atoms with Crippen LogP contribution in [0.15, 0.2) is 42.6 Å². The summed E-state index contributed by atoms with van der Waals surface area (Å²) in [6.45, 7) is 3.48. The largest absolute Gasteiger partial charge is 0.494 e. The van der Waals surface area contributed by atoms with E-state index in [0.29, 0.717) is 6.61 Å². The van der Waals surface area contributed by atoms with E-state index in [2.05, 4.69) is 28.5 Å². The molecule has 2 fully saturated rings. The topological polar surface area (TPSA) is 54.5 Å². The van der Waals surface area contributed by atoms with Gasteiger partial charge < -0.3 is 9.64 Å². The number of likely N-dealkylation sites (N-methyl/N-ethyl adjacent to an activating group) is 1. The van der Waals surface area contributed by atoms with E-state index in [4.69, 9.17) is 4.74 Å². The first kappa shape index (κ1) is 19.6. The zero-order chi connectivity index (χ0) is 18.1. The molecule has 2 aromatic rings. The Morgan fingerprint density at radius 1 is 1.22 bits per heavy atom. The molecular formula is C21H26ClN3O2. The van der Waals surface area contributed by atoms with E-state index in [9.17, 15) is 4.79 Å². The Morgan fingerprint density at radius 3 is 2.67 bits per heavy atom. The van der Waals surface area contributed by atoms with E-state index in [1.54, 1.807) is 0 Å². The third kappa shape index (κ3) is 3.66. The lowest BCUT2D eigenvalue weighted by molar-refractivity contribution is -0.131. The molecule has 0 unspecified atom stereocenters. The van der Waals surface area contributed by atoms with Gasteiger partial charge in [0.1, 0.15) is 11.3 Å². The normalized spacial score (nSPS) is 24.3. The summed E-state index contributed by atoms with van der Waals surface area (Å²) in [6.07, 6.45) is 4.57. The van der Waals surface area contributed by atoms with Crippen LogP contribution < -0.4 is 10.1 Å². The molecule has 1 amide bonds. The van der Waals surface area contributed by atoms with Gasteiger partial charge in [-0.05, 0) is 61.6 Å². The number of pyridine rings is 1. The zero-order valence-corrected chi connectivity index (χ0v) is 16.6. The van der Waals surface area contributed by atoms with E-state index in [1.165, 1.54) is 0 Å². The van der Waals surface area contributed by atoms with Crippen molar-refractivity contribution in [1.29, 1.82) is 0 Å². The molecule has 3 heterocycles. The molecule has 2 aliphatic rings. The summed E-state index contributed by atoms with van der Waals surface area (Å²) in [4.78, 5) is 18.9. The Kier molecular flexibility index (Phi) is 5.72. The van der Waals surface area contributed by atoms with Crippen LogP contribution in [-0.4, -0.2) is 41.5 Å². The first-order valence-electron chi connectivity index (χ1n) is 9.34. The number of rotatable bonds is 4. The maximum Gasteiger partial charge on any atom is 0.242 e.